The number of hydrogen-bond donors (Lipinski definition) is 4. The van der Waals surface area contributed by atoms with E-state index in [9.17, 15) is 20.1 Å². The lowest BCUT2D eigenvalue weighted by Gasteiger charge is -2.16. The molecule has 0 amide bonds. The third kappa shape index (κ3) is 10.6. The summed E-state index contributed by atoms with van der Waals surface area (Å²) in [6, 6.07) is 0. The average Bonchev–Trinajstić information content (AvgIpc) is 3.03. The zero-order valence-electron chi connectivity index (χ0n) is 16.6. The van der Waals surface area contributed by atoms with Gasteiger partial charge in [0.15, 0.2) is 0 Å². The summed E-state index contributed by atoms with van der Waals surface area (Å²) in [4.78, 5) is 10.4. The molecule has 0 unspecified atom stereocenters. The number of hydrogen-bond acceptors (Lipinski definition) is 5. The van der Waals surface area contributed by atoms with E-state index < -0.39 is 36.5 Å². The number of carboxylic acid groups (broad SMARTS) is 1. The molecule has 6 nitrogen and oxygen atoms in total. The zero-order valence-corrected chi connectivity index (χ0v) is 16.6. The van der Waals surface area contributed by atoms with Crippen molar-refractivity contribution in [3.63, 3.8) is 0 Å². The summed E-state index contributed by atoms with van der Waals surface area (Å²) < 4.78 is 5.70. The van der Waals surface area contributed by atoms with Gasteiger partial charge in [-0.2, -0.15) is 0 Å². The minimum absolute atomic E-state index is 0.0606. The van der Waals surface area contributed by atoms with Gasteiger partial charge in [-0.1, -0.05) is 55.5 Å². The van der Waals surface area contributed by atoms with Gasteiger partial charge in [-0.25, -0.2) is 0 Å². The van der Waals surface area contributed by atoms with Crippen LogP contribution in [0.2, 0.25) is 0 Å². The summed E-state index contributed by atoms with van der Waals surface area (Å²) in [5, 5.41) is 38.9. The van der Waals surface area contributed by atoms with Crippen molar-refractivity contribution in [3.8, 4) is 0 Å². The van der Waals surface area contributed by atoms with Crippen LogP contribution >= 0.6 is 0 Å². The minimum atomic E-state index is -0.854. The summed E-state index contributed by atoms with van der Waals surface area (Å²) in [7, 11) is 0. The molecule has 0 saturated carbocycles. The van der Waals surface area contributed by atoms with Crippen molar-refractivity contribution < 1.29 is 30.0 Å². The van der Waals surface area contributed by atoms with Crippen molar-refractivity contribution in [1.82, 2.24) is 0 Å². The van der Waals surface area contributed by atoms with Crippen LogP contribution in [0.4, 0.5) is 0 Å². The number of allylic oxidation sites excluding steroid dienone is 4. The van der Waals surface area contributed by atoms with Gasteiger partial charge in [-0.3, -0.25) is 4.79 Å². The third-order valence-corrected chi connectivity index (χ3v) is 4.42. The van der Waals surface area contributed by atoms with Crippen molar-refractivity contribution >= 4 is 5.97 Å². The maximum absolute atomic E-state index is 10.4. The molecule has 0 aliphatic carbocycles. The summed E-state index contributed by atoms with van der Waals surface area (Å²) >= 11 is 0. The molecule has 5 atom stereocenters. The smallest absolute Gasteiger partial charge is 0.303 e. The molecule has 28 heavy (non-hydrogen) atoms. The van der Waals surface area contributed by atoms with Gasteiger partial charge in [0.05, 0.1) is 24.4 Å². The Kier molecular flexibility index (Phi) is 12.4. The first kappa shape index (κ1) is 24.3. The second kappa shape index (κ2) is 14.3. The molecule has 0 aromatic heterocycles. The molecule has 1 aliphatic heterocycles. The molecule has 0 aromatic carbocycles. The van der Waals surface area contributed by atoms with Crippen LogP contribution in [0.1, 0.15) is 51.9 Å². The molecular weight excluding hydrogens is 360 g/mol. The van der Waals surface area contributed by atoms with E-state index in [0.717, 1.165) is 12.8 Å². The first-order valence-corrected chi connectivity index (χ1v) is 9.98. The molecule has 6 heteroatoms. The van der Waals surface area contributed by atoms with Crippen molar-refractivity contribution in [2.45, 2.75) is 82.4 Å². The Morgan fingerprint density at radius 3 is 2.54 bits per heavy atom. The Labute approximate surface area is 167 Å². The van der Waals surface area contributed by atoms with Crippen molar-refractivity contribution in [1.29, 1.82) is 0 Å². The molecule has 1 rings (SSSR count). The second-order valence-electron chi connectivity index (χ2n) is 6.92. The van der Waals surface area contributed by atoms with Crippen LogP contribution in [0.25, 0.3) is 0 Å². The highest BCUT2D eigenvalue weighted by Gasteiger charge is 2.35. The van der Waals surface area contributed by atoms with Crippen molar-refractivity contribution in [2.24, 2.45) is 0 Å². The van der Waals surface area contributed by atoms with Crippen LogP contribution in [-0.2, 0) is 9.53 Å². The SMILES string of the molecule is CC/C=C\C/C=C\C[C@H](O)/C=C/[C@H]1O[C@H]([C@@H](O)C/C=C\CCC(=O)O)C[C@@H]1O. The average molecular weight is 395 g/mol. The molecule has 0 aromatic rings. The van der Waals surface area contributed by atoms with Gasteiger partial charge in [0.2, 0.25) is 0 Å². The predicted octanol–water partition coefficient (Wildman–Crippen LogP) is 2.90. The Morgan fingerprint density at radius 2 is 1.82 bits per heavy atom. The number of carbonyl (C=O) groups is 1. The van der Waals surface area contributed by atoms with Crippen molar-refractivity contribution in [2.75, 3.05) is 0 Å². The largest absolute Gasteiger partial charge is 0.481 e. The highest BCUT2D eigenvalue weighted by atomic mass is 16.5. The fourth-order valence-corrected chi connectivity index (χ4v) is 2.84. The lowest BCUT2D eigenvalue weighted by Crippen LogP contribution is -2.25. The van der Waals surface area contributed by atoms with Crippen LogP contribution in [0.15, 0.2) is 48.6 Å². The molecule has 4 N–H and O–H groups in total. The number of rotatable bonds is 13. The van der Waals surface area contributed by atoms with Gasteiger partial charge in [-0.15, -0.1) is 0 Å². The number of carboxylic acids is 1. The zero-order chi connectivity index (χ0) is 20.8. The molecule has 1 aliphatic rings. The summed E-state index contributed by atoms with van der Waals surface area (Å²) in [5.41, 5.74) is 0. The molecule has 0 radical (unpaired) electrons. The fourth-order valence-electron chi connectivity index (χ4n) is 2.84. The van der Waals surface area contributed by atoms with Gasteiger partial charge in [-0.05, 0) is 32.1 Å². The van der Waals surface area contributed by atoms with E-state index in [-0.39, 0.29) is 6.42 Å². The van der Waals surface area contributed by atoms with Crippen LogP contribution in [0, 0.1) is 0 Å². The molecule has 158 valence electrons. The van der Waals surface area contributed by atoms with Gasteiger partial charge in [0.1, 0.15) is 6.10 Å². The topological polar surface area (TPSA) is 107 Å². The molecule has 1 fully saturated rings. The lowest BCUT2D eigenvalue weighted by atomic mass is 10.0. The number of aliphatic hydroxyl groups excluding tert-OH is 3. The van der Waals surface area contributed by atoms with Gasteiger partial charge >= 0.3 is 5.97 Å². The first-order valence-electron chi connectivity index (χ1n) is 9.98. The Balaban J connectivity index is 2.34. The summed E-state index contributed by atoms with van der Waals surface area (Å²) in [6.07, 6.45) is 15.1. The Bertz CT molecular complexity index is 551. The molecule has 0 spiro atoms. The van der Waals surface area contributed by atoms with E-state index in [1.54, 1.807) is 24.3 Å². The first-order chi connectivity index (χ1) is 13.4. The van der Waals surface area contributed by atoms with Crippen LogP contribution < -0.4 is 0 Å². The summed E-state index contributed by atoms with van der Waals surface area (Å²) in [5.74, 6) is -0.854. The maximum atomic E-state index is 10.4. The van der Waals surface area contributed by atoms with Gasteiger partial charge in [0, 0.05) is 12.8 Å². The lowest BCUT2D eigenvalue weighted by molar-refractivity contribution is -0.136. The molecule has 0 bridgehead atoms. The third-order valence-electron chi connectivity index (χ3n) is 4.42. The van der Waals surface area contributed by atoms with Crippen LogP contribution in [-0.4, -0.2) is 56.9 Å². The van der Waals surface area contributed by atoms with E-state index in [4.69, 9.17) is 9.84 Å². The summed E-state index contributed by atoms with van der Waals surface area (Å²) in [6.45, 7) is 2.08. The number of aliphatic carboxylic acids is 1. The van der Waals surface area contributed by atoms with E-state index in [1.165, 1.54) is 0 Å². The van der Waals surface area contributed by atoms with E-state index >= 15 is 0 Å². The number of ether oxygens (including phenoxy) is 1. The monoisotopic (exact) mass is 394 g/mol. The Morgan fingerprint density at radius 1 is 1.11 bits per heavy atom. The minimum Gasteiger partial charge on any atom is -0.481 e. The standard InChI is InChI=1S/C22H34O6/c1-2-3-4-5-6-8-11-17(23)14-15-20-19(25)16-21(28-20)18(24)12-9-7-10-13-22(26)27/h3-4,6-9,14-15,17-21,23-25H,2,5,10-13,16H2,1H3,(H,26,27)/b4-3-,8-6-,9-7-,15-14+/t17-,18-,19-,20+,21-/m0/s1. The van der Waals surface area contributed by atoms with Gasteiger partial charge < -0.3 is 25.2 Å². The van der Waals surface area contributed by atoms with Gasteiger partial charge in [0.25, 0.3) is 0 Å². The number of aliphatic hydroxyl groups is 3. The second-order valence-corrected chi connectivity index (χ2v) is 6.92. The highest BCUT2D eigenvalue weighted by molar-refractivity contribution is 5.66. The molecule has 1 heterocycles. The molecular formula is C22H34O6. The normalized spacial score (nSPS) is 25.5. The maximum Gasteiger partial charge on any atom is 0.303 e. The van der Waals surface area contributed by atoms with E-state index in [2.05, 4.69) is 19.1 Å². The Hall–Kier alpha value is -1.73. The molecule has 1 saturated heterocycles. The highest BCUT2D eigenvalue weighted by Crippen LogP contribution is 2.25. The van der Waals surface area contributed by atoms with E-state index in [1.807, 2.05) is 12.2 Å². The van der Waals surface area contributed by atoms with E-state index in [0.29, 0.717) is 25.7 Å². The fraction of sp³-hybridized carbons (Fsp3) is 0.591. The predicted molar refractivity (Wildman–Crippen MR) is 109 cm³/mol. The van der Waals surface area contributed by atoms with Crippen molar-refractivity contribution in [3.05, 3.63) is 48.6 Å². The quantitative estimate of drug-likeness (QED) is 0.358. The van der Waals surface area contributed by atoms with Crippen LogP contribution in [0.3, 0.4) is 0 Å². The van der Waals surface area contributed by atoms with Crippen LogP contribution in [0.5, 0.6) is 0 Å².